The Hall–Kier alpha value is -1.17. The summed E-state index contributed by atoms with van der Waals surface area (Å²) in [4.78, 5) is 8.11. The second-order valence-electron chi connectivity index (χ2n) is 5.48. The normalized spacial score (nSPS) is 24.1. The van der Waals surface area contributed by atoms with Crippen LogP contribution in [0.2, 0.25) is 0 Å². The summed E-state index contributed by atoms with van der Waals surface area (Å²) in [7, 11) is 0. The Labute approximate surface area is 123 Å². The van der Waals surface area contributed by atoms with Crippen molar-refractivity contribution in [2.45, 2.75) is 32.4 Å². The van der Waals surface area contributed by atoms with Crippen molar-refractivity contribution in [1.29, 1.82) is 0 Å². The molecule has 2 aromatic rings. The van der Waals surface area contributed by atoms with Crippen molar-refractivity contribution in [3.8, 4) is 10.8 Å². The summed E-state index contributed by atoms with van der Waals surface area (Å²) in [6.07, 6.45) is 4.01. The van der Waals surface area contributed by atoms with E-state index in [1.807, 2.05) is 17.5 Å². The fourth-order valence-electron chi connectivity index (χ4n) is 2.82. The number of likely N-dealkylation sites (tertiary alicyclic amines) is 1. The molecule has 2 aromatic heterocycles. The minimum Gasteiger partial charge on any atom is -0.444 e. The number of piperidine rings is 1. The number of aromatic nitrogens is 1. The lowest BCUT2D eigenvalue weighted by atomic mass is 9.91. The van der Waals surface area contributed by atoms with E-state index < -0.39 is 0 Å². The molecule has 0 aliphatic carbocycles. The largest absolute Gasteiger partial charge is 0.444 e. The van der Waals surface area contributed by atoms with Gasteiger partial charge in [-0.05, 0) is 23.8 Å². The molecule has 2 atom stereocenters. The van der Waals surface area contributed by atoms with Gasteiger partial charge in [0.25, 0.3) is 0 Å². The third-order valence-electron chi connectivity index (χ3n) is 4.07. The van der Waals surface area contributed by atoms with Crippen LogP contribution in [0.25, 0.3) is 10.8 Å². The van der Waals surface area contributed by atoms with Crippen molar-refractivity contribution in [2.75, 3.05) is 13.1 Å². The van der Waals surface area contributed by atoms with Crippen molar-refractivity contribution < 1.29 is 4.42 Å². The predicted octanol–water partition coefficient (Wildman–Crippen LogP) is 2.96. The number of nitrogens with zero attached hydrogens (tertiary/aromatic N) is 2. The van der Waals surface area contributed by atoms with Crippen LogP contribution in [0.1, 0.15) is 25.5 Å². The molecule has 0 bridgehead atoms. The summed E-state index contributed by atoms with van der Waals surface area (Å²) in [5.41, 5.74) is 7.17. The van der Waals surface area contributed by atoms with Gasteiger partial charge in [-0.25, -0.2) is 4.98 Å². The van der Waals surface area contributed by atoms with Crippen LogP contribution in [0.5, 0.6) is 0 Å². The molecule has 3 heterocycles. The van der Waals surface area contributed by atoms with Crippen LogP contribution in [0, 0.1) is 5.92 Å². The molecular formula is C15H21N3OS. The van der Waals surface area contributed by atoms with E-state index in [1.165, 1.54) is 0 Å². The molecule has 2 unspecified atom stereocenters. The second-order valence-corrected chi connectivity index (χ2v) is 6.42. The van der Waals surface area contributed by atoms with Gasteiger partial charge >= 0.3 is 0 Å². The van der Waals surface area contributed by atoms with E-state index in [4.69, 9.17) is 10.2 Å². The number of rotatable bonds is 4. The fraction of sp³-hybridized carbons (Fsp3) is 0.533. The van der Waals surface area contributed by atoms with Crippen LogP contribution < -0.4 is 5.73 Å². The number of oxazole rings is 1. The lowest BCUT2D eigenvalue weighted by Crippen LogP contribution is -2.46. The van der Waals surface area contributed by atoms with E-state index >= 15 is 0 Å². The summed E-state index contributed by atoms with van der Waals surface area (Å²) in [6, 6.07) is 4.41. The van der Waals surface area contributed by atoms with Gasteiger partial charge in [0, 0.05) is 25.7 Å². The summed E-state index contributed by atoms with van der Waals surface area (Å²) in [5.74, 6) is 1.34. The van der Waals surface area contributed by atoms with Gasteiger partial charge in [0.05, 0.1) is 10.6 Å². The number of nitrogens with two attached hydrogens (primary N) is 1. The maximum absolute atomic E-state index is 6.15. The van der Waals surface area contributed by atoms with E-state index in [-0.39, 0.29) is 0 Å². The molecule has 5 heteroatoms. The van der Waals surface area contributed by atoms with Gasteiger partial charge in [-0.3, -0.25) is 4.90 Å². The highest BCUT2D eigenvalue weighted by Crippen LogP contribution is 2.25. The molecule has 1 aliphatic heterocycles. The minimum absolute atomic E-state index is 0.357. The Balaban J connectivity index is 1.64. The van der Waals surface area contributed by atoms with Gasteiger partial charge in [-0.2, -0.15) is 0 Å². The molecule has 3 rings (SSSR count). The lowest BCUT2D eigenvalue weighted by Gasteiger charge is -2.36. The van der Waals surface area contributed by atoms with Gasteiger partial charge in [-0.1, -0.05) is 19.4 Å². The van der Waals surface area contributed by atoms with E-state index in [0.717, 1.165) is 48.9 Å². The Kier molecular flexibility index (Phi) is 4.19. The first-order valence-corrected chi connectivity index (χ1v) is 8.10. The van der Waals surface area contributed by atoms with Crippen molar-refractivity contribution in [3.63, 3.8) is 0 Å². The van der Waals surface area contributed by atoms with Crippen molar-refractivity contribution in [1.82, 2.24) is 9.88 Å². The smallest absolute Gasteiger partial charge is 0.236 e. The van der Waals surface area contributed by atoms with Crippen molar-refractivity contribution in [2.24, 2.45) is 11.7 Å². The quantitative estimate of drug-likeness (QED) is 0.941. The van der Waals surface area contributed by atoms with Gasteiger partial charge in [0.2, 0.25) is 5.89 Å². The van der Waals surface area contributed by atoms with E-state index in [9.17, 15) is 0 Å². The number of hydrogen-bond donors (Lipinski definition) is 1. The molecule has 1 fully saturated rings. The molecule has 0 spiro atoms. The molecule has 1 saturated heterocycles. The van der Waals surface area contributed by atoms with E-state index in [1.54, 1.807) is 17.6 Å². The Morgan fingerprint density at radius 1 is 1.55 bits per heavy atom. The maximum atomic E-state index is 6.15. The average molecular weight is 291 g/mol. The van der Waals surface area contributed by atoms with Crippen molar-refractivity contribution >= 4 is 11.3 Å². The van der Waals surface area contributed by atoms with Crippen LogP contribution in [0.15, 0.2) is 28.2 Å². The summed E-state index contributed by atoms with van der Waals surface area (Å²) in [6.45, 7) is 5.20. The molecule has 0 radical (unpaired) electrons. The first kappa shape index (κ1) is 13.8. The summed E-state index contributed by atoms with van der Waals surface area (Å²) >= 11 is 1.65. The molecule has 0 saturated carbocycles. The molecular weight excluding hydrogens is 270 g/mol. The van der Waals surface area contributed by atoms with E-state index in [2.05, 4.69) is 16.8 Å². The average Bonchev–Trinajstić information content (AvgIpc) is 3.11. The Morgan fingerprint density at radius 3 is 3.20 bits per heavy atom. The summed E-state index contributed by atoms with van der Waals surface area (Å²) in [5, 5.41) is 2.04. The third kappa shape index (κ3) is 2.95. The van der Waals surface area contributed by atoms with Gasteiger partial charge in [-0.15, -0.1) is 11.3 Å². The van der Waals surface area contributed by atoms with Gasteiger partial charge in [0.1, 0.15) is 6.26 Å². The maximum Gasteiger partial charge on any atom is 0.236 e. The van der Waals surface area contributed by atoms with Crippen LogP contribution in [-0.2, 0) is 6.54 Å². The lowest BCUT2D eigenvalue weighted by molar-refractivity contribution is 0.144. The second kappa shape index (κ2) is 6.08. The fourth-order valence-corrected chi connectivity index (χ4v) is 3.48. The minimum atomic E-state index is 0.357. The number of hydrogen-bond acceptors (Lipinski definition) is 5. The van der Waals surface area contributed by atoms with Crippen LogP contribution in [0.3, 0.4) is 0 Å². The topological polar surface area (TPSA) is 55.3 Å². The molecule has 4 nitrogen and oxygen atoms in total. The highest BCUT2D eigenvalue weighted by Gasteiger charge is 2.25. The highest BCUT2D eigenvalue weighted by molar-refractivity contribution is 7.13. The first-order valence-electron chi connectivity index (χ1n) is 7.22. The standard InChI is InChI=1S/C15H21N3OS/c1-2-11-8-18(6-5-13(11)16)9-12-10-19-15(17-12)14-4-3-7-20-14/h3-4,7,10-11,13H,2,5-6,8-9,16H2,1H3. The first-order chi connectivity index (χ1) is 9.76. The third-order valence-corrected chi connectivity index (χ3v) is 4.93. The molecule has 2 N–H and O–H groups in total. The zero-order valence-electron chi connectivity index (χ0n) is 11.8. The van der Waals surface area contributed by atoms with E-state index in [0.29, 0.717) is 12.0 Å². The van der Waals surface area contributed by atoms with Crippen LogP contribution >= 0.6 is 11.3 Å². The molecule has 1 aliphatic rings. The van der Waals surface area contributed by atoms with Gasteiger partial charge < -0.3 is 10.2 Å². The van der Waals surface area contributed by atoms with Crippen LogP contribution in [0.4, 0.5) is 0 Å². The number of thiophene rings is 1. The highest BCUT2D eigenvalue weighted by atomic mass is 32.1. The molecule has 20 heavy (non-hydrogen) atoms. The molecule has 108 valence electrons. The van der Waals surface area contributed by atoms with Crippen molar-refractivity contribution in [3.05, 3.63) is 29.5 Å². The van der Waals surface area contributed by atoms with Gasteiger partial charge in [0.15, 0.2) is 0 Å². The molecule has 0 aromatic carbocycles. The zero-order chi connectivity index (χ0) is 13.9. The molecule has 0 amide bonds. The monoisotopic (exact) mass is 291 g/mol. The van der Waals surface area contributed by atoms with Crippen LogP contribution in [-0.4, -0.2) is 29.0 Å². The summed E-state index contributed by atoms with van der Waals surface area (Å²) < 4.78 is 5.57. The Morgan fingerprint density at radius 2 is 2.45 bits per heavy atom. The zero-order valence-corrected chi connectivity index (χ0v) is 12.6. The Bertz CT molecular complexity index is 537. The predicted molar refractivity (Wildman–Crippen MR) is 81.5 cm³/mol. The SMILES string of the molecule is CCC1CN(Cc2coc(-c3cccs3)n2)CCC1N.